The number of hydrogen-bond donors (Lipinski definition) is 1. The summed E-state index contributed by atoms with van der Waals surface area (Å²) in [7, 11) is 1.54. The van der Waals surface area contributed by atoms with Crippen molar-refractivity contribution in [1.82, 2.24) is 14.5 Å². The predicted octanol–water partition coefficient (Wildman–Crippen LogP) is 6.00. The van der Waals surface area contributed by atoms with Crippen molar-refractivity contribution in [1.29, 1.82) is 5.26 Å². The van der Waals surface area contributed by atoms with Crippen molar-refractivity contribution in [2.75, 3.05) is 33.5 Å². The number of ether oxygens (including phenoxy) is 5. The number of fused-ring (bicyclic) bond motifs is 7. The van der Waals surface area contributed by atoms with Gasteiger partial charge in [0.15, 0.2) is 0 Å². The molecule has 2 aliphatic rings. The molecule has 0 saturated carbocycles. The van der Waals surface area contributed by atoms with Crippen molar-refractivity contribution in [2.24, 2.45) is 0 Å². The molecule has 3 aromatic carbocycles. The average Bonchev–Trinajstić information content (AvgIpc) is 3.44. The van der Waals surface area contributed by atoms with Gasteiger partial charge in [-0.1, -0.05) is 6.07 Å². The summed E-state index contributed by atoms with van der Waals surface area (Å²) in [5, 5.41) is 19.4. The molecular formula is C38H34F2N4O7. The number of aromatic nitrogens is 3. The molecule has 0 spiro atoms. The Bertz CT molecular complexity index is 2160. The van der Waals surface area contributed by atoms with Crippen molar-refractivity contribution < 1.29 is 42.4 Å². The monoisotopic (exact) mass is 696 g/mol. The maximum atomic E-state index is 16.1. The number of hydrogen-bond acceptors (Lipinski definition) is 9. The van der Waals surface area contributed by atoms with Gasteiger partial charge in [0.25, 0.3) is 0 Å². The molecule has 0 amide bonds. The number of aromatic carboxylic acids is 1. The highest BCUT2D eigenvalue weighted by atomic mass is 19.1. The second-order valence-corrected chi connectivity index (χ2v) is 12.3. The van der Waals surface area contributed by atoms with Gasteiger partial charge in [-0.3, -0.25) is 0 Å². The maximum Gasteiger partial charge on any atom is 0.335 e. The third kappa shape index (κ3) is 7.25. The summed E-state index contributed by atoms with van der Waals surface area (Å²) in [6, 6.07) is 15.9. The first-order valence-electron chi connectivity index (χ1n) is 16.5. The van der Waals surface area contributed by atoms with E-state index in [4.69, 9.17) is 28.7 Å². The number of carboxylic acid groups (broad SMARTS) is 1. The van der Waals surface area contributed by atoms with Gasteiger partial charge in [-0.05, 0) is 72.0 Å². The lowest BCUT2D eigenvalue weighted by Gasteiger charge is -2.27. The fraction of sp³-hybridized carbons (Fsp3) is 0.316. The van der Waals surface area contributed by atoms with Gasteiger partial charge in [-0.2, -0.15) is 5.26 Å². The minimum absolute atomic E-state index is 0.0387. The van der Waals surface area contributed by atoms with Crippen LogP contribution in [0.15, 0.2) is 54.6 Å². The summed E-state index contributed by atoms with van der Waals surface area (Å²) in [6.45, 7) is 1.67. The predicted molar refractivity (Wildman–Crippen MR) is 180 cm³/mol. The highest BCUT2D eigenvalue weighted by Crippen LogP contribution is 2.33. The Kier molecular flexibility index (Phi) is 9.90. The lowest BCUT2D eigenvalue weighted by atomic mass is 9.98. The van der Waals surface area contributed by atoms with Crippen molar-refractivity contribution in [3.8, 4) is 29.0 Å². The minimum Gasteiger partial charge on any atom is -0.489 e. The molecule has 2 aromatic heterocycles. The normalized spacial score (nSPS) is 15.6. The van der Waals surface area contributed by atoms with Gasteiger partial charge < -0.3 is 33.4 Å². The fourth-order valence-electron chi connectivity index (χ4n) is 6.30. The van der Waals surface area contributed by atoms with E-state index in [9.17, 15) is 15.2 Å². The van der Waals surface area contributed by atoms with Crippen molar-refractivity contribution in [3.63, 3.8) is 0 Å². The van der Waals surface area contributed by atoms with E-state index in [-0.39, 0.29) is 61.5 Å². The molecule has 13 heteroatoms. The van der Waals surface area contributed by atoms with Crippen molar-refractivity contribution in [3.05, 3.63) is 105 Å². The van der Waals surface area contributed by atoms with Gasteiger partial charge in [-0.25, -0.2) is 23.5 Å². The molecule has 1 fully saturated rings. The van der Waals surface area contributed by atoms with E-state index in [0.29, 0.717) is 76.7 Å². The first-order chi connectivity index (χ1) is 24.8. The molecule has 4 heterocycles. The van der Waals surface area contributed by atoms with Crippen LogP contribution in [0.2, 0.25) is 0 Å². The summed E-state index contributed by atoms with van der Waals surface area (Å²) in [5.74, 6) is -1.15. The van der Waals surface area contributed by atoms with Crippen LogP contribution < -0.4 is 9.47 Å². The SMILES string of the molecule is COCCOc1cc(C(=O)O)cc2c1nc(Cc1cc(F)c3cc1COCCc1cc(C#N)cc(F)c1COc1cccc-3n1)n2C[C@@H]1CCO1. The van der Waals surface area contributed by atoms with E-state index in [2.05, 4.69) is 4.98 Å². The number of benzene rings is 3. The zero-order valence-corrected chi connectivity index (χ0v) is 27.8. The van der Waals surface area contributed by atoms with Crippen LogP contribution in [0, 0.1) is 23.0 Å². The molecule has 7 rings (SSSR count). The van der Waals surface area contributed by atoms with E-state index >= 15 is 8.78 Å². The molecule has 1 saturated heterocycles. The average molecular weight is 697 g/mol. The topological polar surface area (TPSA) is 138 Å². The largest absolute Gasteiger partial charge is 0.489 e. The lowest BCUT2D eigenvalue weighted by molar-refractivity contribution is -0.0589. The van der Waals surface area contributed by atoms with Gasteiger partial charge in [-0.15, -0.1) is 0 Å². The maximum absolute atomic E-state index is 16.1. The first-order valence-corrected chi connectivity index (χ1v) is 16.5. The van der Waals surface area contributed by atoms with Crippen LogP contribution in [0.25, 0.3) is 22.3 Å². The van der Waals surface area contributed by atoms with E-state index in [0.717, 1.165) is 6.42 Å². The molecule has 1 N–H and O–H groups in total. The quantitative estimate of drug-likeness (QED) is 0.183. The number of rotatable bonds is 9. The van der Waals surface area contributed by atoms with Crippen LogP contribution in [0.4, 0.5) is 8.78 Å². The molecule has 5 aromatic rings. The molecule has 51 heavy (non-hydrogen) atoms. The Morgan fingerprint density at radius 2 is 1.92 bits per heavy atom. The van der Waals surface area contributed by atoms with E-state index in [1.54, 1.807) is 43.5 Å². The van der Waals surface area contributed by atoms with E-state index in [1.165, 1.54) is 18.2 Å². The van der Waals surface area contributed by atoms with E-state index in [1.807, 2.05) is 10.6 Å². The van der Waals surface area contributed by atoms with Crippen LogP contribution in [0.1, 0.15) is 50.4 Å². The Hall–Kier alpha value is -5.42. The number of carbonyl (C=O) groups is 1. The zero-order valence-electron chi connectivity index (χ0n) is 27.8. The Labute approximate surface area is 291 Å². The number of pyridine rings is 1. The number of nitrogens with zero attached hydrogens (tertiary/aromatic N) is 4. The Balaban J connectivity index is 1.30. The molecular weight excluding hydrogens is 662 g/mol. The molecule has 2 aliphatic heterocycles. The fourth-order valence-corrected chi connectivity index (χ4v) is 6.30. The van der Waals surface area contributed by atoms with Crippen LogP contribution >= 0.6 is 0 Å². The van der Waals surface area contributed by atoms with Gasteiger partial charge in [0.2, 0.25) is 5.88 Å². The Morgan fingerprint density at radius 3 is 2.69 bits per heavy atom. The number of halogens is 2. The highest BCUT2D eigenvalue weighted by molar-refractivity contribution is 5.95. The van der Waals surface area contributed by atoms with E-state index < -0.39 is 17.6 Å². The van der Waals surface area contributed by atoms with Gasteiger partial charge >= 0.3 is 5.97 Å². The van der Waals surface area contributed by atoms with Gasteiger partial charge in [0, 0.05) is 37.3 Å². The van der Waals surface area contributed by atoms with Crippen molar-refractivity contribution in [2.45, 2.75) is 45.1 Å². The van der Waals surface area contributed by atoms with Crippen LogP contribution in [-0.4, -0.2) is 65.3 Å². The molecule has 4 bridgehead atoms. The first kappa shape index (κ1) is 34.0. The van der Waals surface area contributed by atoms with Crippen molar-refractivity contribution >= 4 is 17.0 Å². The third-order valence-corrected chi connectivity index (χ3v) is 9.06. The molecule has 0 radical (unpaired) electrons. The molecule has 11 nitrogen and oxygen atoms in total. The molecule has 1 atom stereocenters. The second-order valence-electron chi connectivity index (χ2n) is 12.3. The summed E-state index contributed by atoms with van der Waals surface area (Å²) < 4.78 is 61.9. The van der Waals surface area contributed by atoms with Gasteiger partial charge in [0.1, 0.15) is 41.9 Å². The lowest BCUT2D eigenvalue weighted by Crippen LogP contribution is -2.31. The smallest absolute Gasteiger partial charge is 0.335 e. The number of imidazole rings is 1. The van der Waals surface area contributed by atoms with Crippen LogP contribution in [-0.2, 0) is 46.8 Å². The van der Waals surface area contributed by atoms with Crippen LogP contribution in [0.5, 0.6) is 11.6 Å². The standard InChI is InChI=1S/C38H34F2N4O7/c1-47-9-10-50-34-16-25(38(45)46)15-33-37(34)43-35(44(33)19-27-6-8-49-27)17-24-14-31(40)28-13-26(24)20-48-7-5-23-11-22(18-41)12-30(39)29(23)21-51-36-4-2-3-32(28)42-36/h2-4,11-16,27H,5-10,17,19-21H2,1H3,(H,45,46)/t27-/m0/s1. The second kappa shape index (κ2) is 14.8. The molecule has 262 valence electrons. The van der Waals surface area contributed by atoms with Crippen LogP contribution in [0.3, 0.4) is 0 Å². The summed E-state index contributed by atoms with van der Waals surface area (Å²) in [4.78, 5) is 21.6. The number of methoxy groups -OCH3 is 1. The third-order valence-electron chi connectivity index (χ3n) is 9.06. The Morgan fingerprint density at radius 1 is 1.06 bits per heavy atom. The zero-order chi connectivity index (χ0) is 35.5. The number of nitriles is 1. The summed E-state index contributed by atoms with van der Waals surface area (Å²) >= 11 is 0. The molecule has 0 aliphatic carbocycles. The van der Waals surface area contributed by atoms with Gasteiger partial charge in [0.05, 0.1) is 60.9 Å². The number of carboxylic acids is 1. The summed E-state index contributed by atoms with van der Waals surface area (Å²) in [6.07, 6.45) is 1.21. The minimum atomic E-state index is -1.11. The summed E-state index contributed by atoms with van der Waals surface area (Å²) in [5.41, 5.74) is 3.96. The highest BCUT2D eigenvalue weighted by Gasteiger charge is 2.26. The molecule has 0 unspecified atom stereocenters.